The van der Waals surface area contributed by atoms with Crippen LogP contribution in [0.3, 0.4) is 0 Å². The van der Waals surface area contributed by atoms with Gasteiger partial charge in [0.25, 0.3) is 5.91 Å². The summed E-state index contributed by atoms with van der Waals surface area (Å²) in [6, 6.07) is 16.7. The number of fused-ring (bicyclic) bond motifs is 1. The van der Waals surface area contributed by atoms with Crippen LogP contribution < -0.4 is 5.32 Å². The van der Waals surface area contributed by atoms with Gasteiger partial charge in [-0.25, -0.2) is 0 Å². The highest BCUT2D eigenvalue weighted by atomic mass is 35.5. The summed E-state index contributed by atoms with van der Waals surface area (Å²) in [4.78, 5) is 16.8. The maximum absolute atomic E-state index is 12.6. The highest BCUT2D eigenvalue weighted by Crippen LogP contribution is 2.20. The van der Waals surface area contributed by atoms with E-state index < -0.39 is 0 Å². The molecule has 0 saturated heterocycles. The maximum atomic E-state index is 12.6. The van der Waals surface area contributed by atoms with Crippen LogP contribution >= 0.6 is 11.6 Å². The molecule has 110 valence electrons. The highest BCUT2D eigenvalue weighted by molar-refractivity contribution is 6.30. The summed E-state index contributed by atoms with van der Waals surface area (Å²) in [6.07, 6.45) is 1.72. The van der Waals surface area contributed by atoms with E-state index in [1.807, 2.05) is 61.5 Å². The van der Waals surface area contributed by atoms with Gasteiger partial charge in [0.15, 0.2) is 0 Å². The van der Waals surface area contributed by atoms with Crippen LogP contribution in [0.2, 0.25) is 5.02 Å². The molecule has 2 aromatic carbocycles. The van der Waals surface area contributed by atoms with E-state index in [4.69, 9.17) is 11.6 Å². The van der Waals surface area contributed by atoms with E-state index in [-0.39, 0.29) is 11.9 Å². The van der Waals surface area contributed by atoms with Crippen molar-refractivity contribution < 1.29 is 4.79 Å². The minimum Gasteiger partial charge on any atom is -0.345 e. The molecule has 3 aromatic rings. The fourth-order valence-corrected chi connectivity index (χ4v) is 2.63. The van der Waals surface area contributed by atoms with Crippen LogP contribution in [0.15, 0.2) is 60.8 Å². The van der Waals surface area contributed by atoms with Gasteiger partial charge in [0, 0.05) is 22.2 Å². The summed E-state index contributed by atoms with van der Waals surface area (Å²) >= 11 is 6.00. The molecule has 1 aromatic heterocycles. The third kappa shape index (κ3) is 2.95. The zero-order chi connectivity index (χ0) is 15.5. The fraction of sp³-hybridized carbons (Fsp3) is 0.111. The Balaban J connectivity index is 1.87. The Kier molecular flexibility index (Phi) is 4.07. The molecular formula is C18H15ClN2O. The third-order valence-corrected chi connectivity index (χ3v) is 3.82. The predicted octanol–water partition coefficient (Wildman–Crippen LogP) is 4.38. The van der Waals surface area contributed by atoms with Gasteiger partial charge in [0.1, 0.15) is 0 Å². The maximum Gasteiger partial charge on any atom is 0.252 e. The molecule has 0 bridgehead atoms. The highest BCUT2D eigenvalue weighted by Gasteiger charge is 2.14. The second-order valence-electron chi connectivity index (χ2n) is 5.13. The molecule has 1 atom stereocenters. The van der Waals surface area contributed by atoms with E-state index >= 15 is 0 Å². The van der Waals surface area contributed by atoms with E-state index in [2.05, 4.69) is 10.3 Å². The molecule has 0 saturated carbocycles. The van der Waals surface area contributed by atoms with Crippen molar-refractivity contribution in [2.45, 2.75) is 13.0 Å². The fourth-order valence-electron chi connectivity index (χ4n) is 2.44. The van der Waals surface area contributed by atoms with Crippen molar-refractivity contribution in [1.82, 2.24) is 10.3 Å². The summed E-state index contributed by atoms with van der Waals surface area (Å²) in [5, 5.41) is 4.51. The van der Waals surface area contributed by atoms with Crippen molar-refractivity contribution in [3.63, 3.8) is 0 Å². The van der Waals surface area contributed by atoms with Crippen molar-refractivity contribution in [3.05, 3.63) is 76.9 Å². The number of amides is 1. The van der Waals surface area contributed by atoms with Crippen LogP contribution in [-0.4, -0.2) is 10.9 Å². The first-order valence-electron chi connectivity index (χ1n) is 7.05. The van der Waals surface area contributed by atoms with Gasteiger partial charge < -0.3 is 5.32 Å². The number of hydrogen-bond donors (Lipinski definition) is 1. The van der Waals surface area contributed by atoms with Gasteiger partial charge in [-0.1, -0.05) is 35.9 Å². The Morgan fingerprint density at radius 2 is 1.95 bits per heavy atom. The Bertz CT molecular complexity index is 827. The molecule has 0 radical (unpaired) electrons. The van der Waals surface area contributed by atoms with Gasteiger partial charge in [-0.2, -0.15) is 0 Å². The number of nitrogens with one attached hydrogen (secondary N) is 1. The first-order valence-corrected chi connectivity index (χ1v) is 7.43. The van der Waals surface area contributed by atoms with Gasteiger partial charge in [-0.05, 0) is 42.8 Å². The number of carbonyl (C=O) groups excluding carboxylic acids is 1. The Morgan fingerprint density at radius 1 is 1.14 bits per heavy atom. The summed E-state index contributed by atoms with van der Waals surface area (Å²) < 4.78 is 0. The molecule has 1 amide bonds. The SMILES string of the molecule is C[C@H](NC(=O)c1cccc2ncccc12)c1cccc(Cl)c1. The zero-order valence-corrected chi connectivity index (χ0v) is 12.8. The molecular weight excluding hydrogens is 296 g/mol. The average molecular weight is 311 g/mol. The number of hydrogen-bond acceptors (Lipinski definition) is 2. The lowest BCUT2D eigenvalue weighted by atomic mass is 10.1. The Morgan fingerprint density at radius 3 is 2.77 bits per heavy atom. The van der Waals surface area contributed by atoms with E-state index in [0.29, 0.717) is 10.6 Å². The van der Waals surface area contributed by atoms with Crippen LogP contribution in [0, 0.1) is 0 Å². The first-order chi connectivity index (χ1) is 10.6. The monoisotopic (exact) mass is 310 g/mol. The topological polar surface area (TPSA) is 42.0 Å². The molecule has 0 spiro atoms. The van der Waals surface area contributed by atoms with Crippen LogP contribution in [0.4, 0.5) is 0 Å². The largest absolute Gasteiger partial charge is 0.345 e. The molecule has 0 aliphatic heterocycles. The van der Waals surface area contributed by atoms with Crippen molar-refractivity contribution in [2.75, 3.05) is 0 Å². The Hall–Kier alpha value is -2.39. The number of benzene rings is 2. The lowest BCUT2D eigenvalue weighted by molar-refractivity contribution is 0.0941. The van der Waals surface area contributed by atoms with Crippen molar-refractivity contribution in [2.24, 2.45) is 0 Å². The lowest BCUT2D eigenvalue weighted by Gasteiger charge is -2.15. The van der Waals surface area contributed by atoms with Crippen LogP contribution in [-0.2, 0) is 0 Å². The molecule has 0 fully saturated rings. The third-order valence-electron chi connectivity index (χ3n) is 3.59. The van der Waals surface area contributed by atoms with Gasteiger partial charge >= 0.3 is 0 Å². The van der Waals surface area contributed by atoms with Gasteiger partial charge in [-0.15, -0.1) is 0 Å². The van der Waals surface area contributed by atoms with Crippen LogP contribution in [0.25, 0.3) is 10.9 Å². The number of aromatic nitrogens is 1. The smallest absolute Gasteiger partial charge is 0.252 e. The molecule has 4 heteroatoms. The van der Waals surface area contributed by atoms with E-state index in [1.165, 1.54) is 0 Å². The lowest BCUT2D eigenvalue weighted by Crippen LogP contribution is -2.26. The van der Waals surface area contributed by atoms with Crippen molar-refractivity contribution >= 4 is 28.4 Å². The number of nitrogens with zero attached hydrogens (tertiary/aromatic N) is 1. The summed E-state index contributed by atoms with van der Waals surface area (Å²) in [7, 11) is 0. The quantitative estimate of drug-likeness (QED) is 0.780. The van der Waals surface area contributed by atoms with Crippen molar-refractivity contribution in [1.29, 1.82) is 0 Å². The molecule has 0 unspecified atom stereocenters. The van der Waals surface area contributed by atoms with Gasteiger partial charge in [0.2, 0.25) is 0 Å². The van der Waals surface area contributed by atoms with E-state index in [9.17, 15) is 4.79 Å². The summed E-state index contributed by atoms with van der Waals surface area (Å²) in [6.45, 7) is 1.94. The van der Waals surface area contributed by atoms with Crippen LogP contribution in [0.5, 0.6) is 0 Å². The molecule has 3 rings (SSSR count). The average Bonchev–Trinajstić information content (AvgIpc) is 2.54. The predicted molar refractivity (Wildman–Crippen MR) is 89.1 cm³/mol. The van der Waals surface area contributed by atoms with E-state index in [0.717, 1.165) is 16.5 Å². The van der Waals surface area contributed by atoms with Crippen molar-refractivity contribution in [3.8, 4) is 0 Å². The second-order valence-corrected chi connectivity index (χ2v) is 5.56. The number of rotatable bonds is 3. The summed E-state index contributed by atoms with van der Waals surface area (Å²) in [5.41, 5.74) is 2.41. The number of halogens is 1. The summed E-state index contributed by atoms with van der Waals surface area (Å²) in [5.74, 6) is -0.119. The van der Waals surface area contributed by atoms with E-state index in [1.54, 1.807) is 6.20 Å². The minimum atomic E-state index is -0.127. The van der Waals surface area contributed by atoms with Crippen LogP contribution in [0.1, 0.15) is 28.9 Å². The minimum absolute atomic E-state index is 0.119. The molecule has 22 heavy (non-hydrogen) atoms. The number of carbonyl (C=O) groups is 1. The first kappa shape index (κ1) is 14.5. The van der Waals surface area contributed by atoms with Gasteiger partial charge in [0.05, 0.1) is 11.6 Å². The second kappa shape index (κ2) is 6.16. The standard InChI is InChI=1S/C18H15ClN2O/c1-12(13-5-2-6-14(19)11-13)21-18(22)16-7-3-9-17-15(16)8-4-10-20-17/h2-12H,1H3,(H,21,22)/t12-/m0/s1. The molecule has 3 nitrogen and oxygen atoms in total. The normalized spacial score (nSPS) is 12.1. The Labute approximate surface area is 133 Å². The molecule has 1 N–H and O–H groups in total. The van der Waals surface area contributed by atoms with Gasteiger partial charge in [-0.3, -0.25) is 9.78 Å². The zero-order valence-electron chi connectivity index (χ0n) is 12.1. The molecule has 0 aliphatic rings. The molecule has 1 heterocycles. The number of pyridine rings is 1. The molecule has 0 aliphatic carbocycles.